The maximum absolute atomic E-state index is 6.22. The van der Waals surface area contributed by atoms with Crippen LogP contribution in [0.2, 0.25) is 10.0 Å². The van der Waals surface area contributed by atoms with Gasteiger partial charge in [0.2, 0.25) is 0 Å². The van der Waals surface area contributed by atoms with Gasteiger partial charge < -0.3 is 10.6 Å². The highest BCUT2D eigenvalue weighted by Crippen LogP contribution is 2.35. The van der Waals surface area contributed by atoms with Crippen molar-refractivity contribution in [2.45, 2.75) is 38.6 Å². The Morgan fingerprint density at radius 2 is 1.72 bits per heavy atom. The second-order valence-electron chi connectivity index (χ2n) is 6.27. The maximum Gasteiger partial charge on any atom is 0.103 e. The summed E-state index contributed by atoms with van der Waals surface area (Å²) >= 11 is 12.4. The maximum atomic E-state index is 6.22. The highest BCUT2D eigenvalue weighted by atomic mass is 35.5. The van der Waals surface area contributed by atoms with Crippen molar-refractivity contribution in [2.75, 3.05) is 11.9 Å². The first kappa shape index (κ1) is 18.1. The lowest BCUT2D eigenvalue weighted by atomic mass is 10.1. The molecule has 0 saturated heterocycles. The van der Waals surface area contributed by atoms with E-state index in [1.165, 1.54) is 18.4 Å². The van der Waals surface area contributed by atoms with Crippen molar-refractivity contribution in [1.82, 2.24) is 5.32 Å². The van der Waals surface area contributed by atoms with E-state index < -0.39 is 0 Å². The van der Waals surface area contributed by atoms with Crippen LogP contribution in [0.25, 0.3) is 0 Å². The van der Waals surface area contributed by atoms with Gasteiger partial charge in [0.05, 0.1) is 21.4 Å². The van der Waals surface area contributed by atoms with Gasteiger partial charge in [-0.15, -0.1) is 0 Å². The van der Waals surface area contributed by atoms with Gasteiger partial charge in [-0.2, -0.15) is 0 Å². The third-order valence-corrected chi connectivity index (χ3v) is 5.01. The molecule has 0 radical (unpaired) electrons. The lowest BCUT2D eigenvalue weighted by Crippen LogP contribution is -2.22. The van der Waals surface area contributed by atoms with Crippen LogP contribution in [0.1, 0.15) is 37.7 Å². The molecule has 0 saturated carbocycles. The van der Waals surface area contributed by atoms with Gasteiger partial charge in [0.25, 0.3) is 0 Å². The first-order chi connectivity index (χ1) is 12.2. The summed E-state index contributed by atoms with van der Waals surface area (Å²) in [5.41, 5.74) is 3.02. The molecule has 1 heterocycles. The Hall–Kier alpha value is -1.71. The molecule has 0 aliphatic carbocycles. The second kappa shape index (κ2) is 9.12. The zero-order valence-corrected chi connectivity index (χ0v) is 15.7. The molecule has 1 aliphatic heterocycles. The highest BCUT2D eigenvalue weighted by molar-refractivity contribution is 6.42. The molecule has 3 nitrogen and oxygen atoms in total. The number of hydrogen-bond acceptors (Lipinski definition) is 3. The number of fused-ring (bicyclic) bond motifs is 1. The van der Waals surface area contributed by atoms with E-state index in [0.29, 0.717) is 10.0 Å². The van der Waals surface area contributed by atoms with Gasteiger partial charge in [-0.3, -0.25) is 0 Å². The van der Waals surface area contributed by atoms with Crippen molar-refractivity contribution in [3.05, 3.63) is 58.1 Å². The minimum absolute atomic E-state index is 0.531. The van der Waals surface area contributed by atoms with E-state index in [9.17, 15) is 0 Å². The Balaban J connectivity index is 1.85. The van der Waals surface area contributed by atoms with Crippen LogP contribution in [-0.2, 0) is 6.54 Å². The Bertz CT molecular complexity index is 729. The van der Waals surface area contributed by atoms with Crippen LogP contribution in [0.4, 0.5) is 11.4 Å². The average molecular weight is 376 g/mol. The molecule has 2 aromatic carbocycles. The van der Waals surface area contributed by atoms with Crippen LogP contribution < -0.4 is 10.6 Å². The molecule has 2 aromatic rings. The number of hydrogen-bond donors (Lipinski definition) is 2. The van der Waals surface area contributed by atoms with Crippen molar-refractivity contribution >= 4 is 40.4 Å². The number of halogens is 2. The first-order valence-electron chi connectivity index (χ1n) is 8.80. The highest BCUT2D eigenvalue weighted by Gasteiger charge is 2.10. The Morgan fingerprint density at radius 1 is 0.960 bits per heavy atom. The summed E-state index contributed by atoms with van der Waals surface area (Å²) in [4.78, 5) is 4.86. The molecule has 25 heavy (non-hydrogen) atoms. The molecule has 5 heteroatoms. The summed E-state index contributed by atoms with van der Waals surface area (Å²) in [5, 5.41) is 8.02. The van der Waals surface area contributed by atoms with Crippen LogP contribution in [0, 0.1) is 0 Å². The molecule has 1 aliphatic rings. The minimum atomic E-state index is 0.531. The zero-order valence-electron chi connectivity index (χ0n) is 14.2. The second-order valence-corrected chi connectivity index (χ2v) is 7.09. The van der Waals surface area contributed by atoms with Crippen LogP contribution in [0.15, 0.2) is 47.5 Å². The standard InChI is InChI=1S/C20H23Cl2N3/c21-16-12-18-19(13-17(16)22)25-20(10-6-1-2-7-11-23-18)24-14-15-8-4-3-5-9-15/h3-5,8-9,12-13,23H,1-2,6-7,10-11,14H2,(H,24,25). The van der Waals surface area contributed by atoms with Crippen molar-refractivity contribution in [2.24, 2.45) is 4.99 Å². The topological polar surface area (TPSA) is 36.4 Å². The average Bonchev–Trinajstić information content (AvgIpc) is 2.66. The van der Waals surface area contributed by atoms with Crippen LogP contribution in [0.5, 0.6) is 0 Å². The van der Waals surface area contributed by atoms with E-state index in [2.05, 4.69) is 34.9 Å². The zero-order chi connectivity index (χ0) is 17.5. The molecule has 0 atom stereocenters. The Kier molecular flexibility index (Phi) is 6.60. The molecule has 0 fully saturated rings. The monoisotopic (exact) mass is 375 g/mol. The van der Waals surface area contributed by atoms with Gasteiger partial charge in [0, 0.05) is 19.5 Å². The lowest BCUT2D eigenvalue weighted by Gasteiger charge is -2.13. The fourth-order valence-corrected chi connectivity index (χ4v) is 3.22. The summed E-state index contributed by atoms with van der Waals surface area (Å²) < 4.78 is 0. The van der Waals surface area contributed by atoms with Crippen molar-refractivity contribution < 1.29 is 0 Å². The minimum Gasteiger partial charge on any atom is -0.383 e. The van der Waals surface area contributed by atoms with Gasteiger partial charge in [0.1, 0.15) is 5.84 Å². The number of amidine groups is 1. The van der Waals surface area contributed by atoms with Crippen LogP contribution in [0.3, 0.4) is 0 Å². The molecule has 0 unspecified atom stereocenters. The van der Waals surface area contributed by atoms with Crippen molar-refractivity contribution in [3.63, 3.8) is 0 Å². The van der Waals surface area contributed by atoms with E-state index in [1.807, 2.05) is 18.2 Å². The number of anilines is 1. The molecule has 3 rings (SSSR count). The lowest BCUT2D eigenvalue weighted by molar-refractivity contribution is 0.663. The van der Waals surface area contributed by atoms with Gasteiger partial charge in [-0.25, -0.2) is 4.99 Å². The number of nitrogens with zero attached hydrogens (tertiary/aromatic N) is 1. The largest absolute Gasteiger partial charge is 0.383 e. The van der Waals surface area contributed by atoms with Gasteiger partial charge >= 0.3 is 0 Å². The van der Waals surface area contributed by atoms with Gasteiger partial charge in [-0.05, 0) is 30.5 Å². The molecule has 2 N–H and O–H groups in total. The number of rotatable bonds is 2. The fourth-order valence-electron chi connectivity index (χ4n) is 2.89. The van der Waals surface area contributed by atoms with E-state index in [-0.39, 0.29) is 0 Å². The Morgan fingerprint density at radius 3 is 2.56 bits per heavy atom. The van der Waals surface area contributed by atoms with Crippen LogP contribution in [-0.4, -0.2) is 12.4 Å². The molecule has 0 aromatic heterocycles. The molecule has 0 spiro atoms. The summed E-state index contributed by atoms with van der Waals surface area (Å²) in [6.45, 7) is 1.69. The number of aliphatic imine (C=N–C) groups is 1. The summed E-state index contributed by atoms with van der Waals surface area (Å²) in [6.07, 6.45) is 5.65. The third-order valence-electron chi connectivity index (χ3n) is 4.29. The van der Waals surface area contributed by atoms with E-state index in [1.54, 1.807) is 0 Å². The first-order valence-corrected chi connectivity index (χ1v) is 9.56. The van der Waals surface area contributed by atoms with E-state index in [0.717, 1.165) is 49.6 Å². The quantitative estimate of drug-likeness (QED) is 0.656. The van der Waals surface area contributed by atoms with Crippen molar-refractivity contribution in [3.8, 4) is 0 Å². The predicted molar refractivity (Wildman–Crippen MR) is 108 cm³/mol. The van der Waals surface area contributed by atoms with Crippen molar-refractivity contribution in [1.29, 1.82) is 0 Å². The van der Waals surface area contributed by atoms with E-state index in [4.69, 9.17) is 28.2 Å². The molecular formula is C20H23Cl2N3. The fraction of sp³-hybridized carbons (Fsp3) is 0.350. The smallest absolute Gasteiger partial charge is 0.103 e. The third kappa shape index (κ3) is 5.38. The van der Waals surface area contributed by atoms with E-state index >= 15 is 0 Å². The molecule has 0 bridgehead atoms. The summed E-state index contributed by atoms with van der Waals surface area (Å²) in [5.74, 6) is 0.993. The summed E-state index contributed by atoms with van der Waals surface area (Å²) in [7, 11) is 0. The molecular weight excluding hydrogens is 353 g/mol. The van der Waals surface area contributed by atoms with Gasteiger partial charge in [0.15, 0.2) is 0 Å². The Labute approximate surface area is 159 Å². The normalized spacial score (nSPS) is 17.4. The molecule has 132 valence electrons. The van der Waals surface area contributed by atoms with Gasteiger partial charge in [-0.1, -0.05) is 66.4 Å². The SMILES string of the molecule is Clc1cc2c(cc1Cl)NCCCCCC/C(NCc1ccccc1)=N\2. The summed E-state index contributed by atoms with van der Waals surface area (Å²) in [6, 6.07) is 14.1. The van der Waals surface area contributed by atoms with Crippen LogP contribution >= 0.6 is 23.2 Å². The molecule has 0 amide bonds. The predicted octanol–water partition coefficient (Wildman–Crippen LogP) is 6.19. The number of nitrogens with one attached hydrogen (secondary N) is 2. The number of benzene rings is 2.